The smallest absolute Gasteiger partial charge is 0.222 e. The normalized spacial score (nSPS) is 11.7. The monoisotopic (exact) mass is 366 g/mol. The van der Waals surface area contributed by atoms with Crippen LogP contribution in [0.4, 0.5) is 5.69 Å². The van der Waals surface area contributed by atoms with Gasteiger partial charge >= 0.3 is 0 Å². The Labute approximate surface area is 159 Å². The quantitative estimate of drug-likeness (QED) is 0.441. The van der Waals surface area contributed by atoms with Crippen molar-refractivity contribution in [1.82, 2.24) is 4.57 Å². The molecule has 0 aliphatic carbocycles. The Kier molecular flexibility index (Phi) is 5.22. The molecule has 3 aromatic rings. The summed E-state index contributed by atoms with van der Waals surface area (Å²) in [5.74, 6) is 0.750. The van der Waals surface area contributed by atoms with Crippen LogP contribution < -0.4 is 4.74 Å². The third kappa shape index (κ3) is 3.82. The molecule has 27 heavy (non-hydrogen) atoms. The summed E-state index contributed by atoms with van der Waals surface area (Å²) in [4.78, 5) is 11.2. The van der Waals surface area contributed by atoms with Crippen LogP contribution >= 0.6 is 0 Å². The van der Waals surface area contributed by atoms with E-state index in [9.17, 15) is 10.0 Å². The largest absolute Gasteiger partial charge is 0.494 e. The highest BCUT2D eigenvalue weighted by Crippen LogP contribution is 2.40. The molecule has 2 aromatic carbocycles. The Balaban J connectivity index is 1.67. The van der Waals surface area contributed by atoms with Crippen molar-refractivity contribution in [2.75, 3.05) is 6.61 Å². The Hall–Kier alpha value is -2.82. The lowest BCUT2D eigenvalue weighted by molar-refractivity contribution is 0.298. The first kappa shape index (κ1) is 19.0. The maximum atomic E-state index is 11.2. The van der Waals surface area contributed by atoms with Gasteiger partial charge in [-0.2, -0.15) is 0 Å². The van der Waals surface area contributed by atoms with Gasteiger partial charge < -0.3 is 14.4 Å². The summed E-state index contributed by atoms with van der Waals surface area (Å²) in [6.07, 6.45) is 0.699. The van der Waals surface area contributed by atoms with E-state index in [2.05, 4.69) is 38.1 Å². The number of aryl methyl sites for hydroxylation is 2. The summed E-state index contributed by atoms with van der Waals surface area (Å²) in [6.45, 7) is 9.51. The van der Waals surface area contributed by atoms with Crippen LogP contribution in [0.2, 0.25) is 0 Å². The highest BCUT2D eigenvalue weighted by Gasteiger charge is 2.18. The van der Waals surface area contributed by atoms with E-state index < -0.39 is 0 Å². The van der Waals surface area contributed by atoms with E-state index in [1.165, 1.54) is 5.56 Å². The van der Waals surface area contributed by atoms with Crippen LogP contribution in [-0.2, 0) is 12.0 Å². The van der Waals surface area contributed by atoms with Crippen LogP contribution in [0.15, 0.2) is 47.6 Å². The first-order valence-corrected chi connectivity index (χ1v) is 9.20. The second-order valence-electron chi connectivity index (χ2n) is 7.86. The van der Waals surface area contributed by atoms with Gasteiger partial charge in [-0.15, -0.1) is 4.91 Å². The number of ether oxygens (including phenoxy) is 1. The summed E-state index contributed by atoms with van der Waals surface area (Å²) in [5, 5.41) is 14.1. The fourth-order valence-electron chi connectivity index (χ4n) is 3.32. The van der Waals surface area contributed by atoms with Gasteiger partial charge in [0.1, 0.15) is 5.75 Å². The number of nitrogens with zero attached hydrogens (tertiary/aromatic N) is 2. The van der Waals surface area contributed by atoms with Gasteiger partial charge in [0.15, 0.2) is 5.69 Å². The summed E-state index contributed by atoms with van der Waals surface area (Å²) < 4.78 is 7.55. The molecule has 1 aromatic heterocycles. The molecule has 3 rings (SSSR count). The van der Waals surface area contributed by atoms with Gasteiger partial charge in [-0.3, -0.25) is 0 Å². The van der Waals surface area contributed by atoms with Crippen molar-refractivity contribution in [3.05, 3.63) is 58.5 Å². The molecule has 0 spiro atoms. The van der Waals surface area contributed by atoms with Gasteiger partial charge in [-0.1, -0.05) is 45.0 Å². The first-order chi connectivity index (χ1) is 12.8. The number of nitroso groups, excluding NO2 is 1. The van der Waals surface area contributed by atoms with Gasteiger partial charge in [-0.25, -0.2) is 0 Å². The third-order valence-corrected chi connectivity index (χ3v) is 4.85. The molecule has 0 saturated heterocycles. The highest BCUT2D eigenvalue weighted by atomic mass is 16.5. The van der Waals surface area contributed by atoms with Crippen LogP contribution in [0, 0.1) is 11.8 Å². The molecule has 142 valence electrons. The number of aromatic nitrogens is 1. The molecule has 0 aliphatic heterocycles. The molecule has 0 atom stereocenters. The summed E-state index contributed by atoms with van der Waals surface area (Å²) in [5.41, 5.74) is 3.24. The topological polar surface area (TPSA) is 63.8 Å². The molecular weight excluding hydrogens is 340 g/mol. The molecule has 5 heteroatoms. The van der Waals surface area contributed by atoms with Crippen molar-refractivity contribution in [2.24, 2.45) is 5.18 Å². The molecule has 0 bridgehead atoms. The van der Waals surface area contributed by atoms with Gasteiger partial charge in [0.05, 0.1) is 12.1 Å². The van der Waals surface area contributed by atoms with Crippen LogP contribution in [0.3, 0.4) is 0 Å². The zero-order valence-corrected chi connectivity index (χ0v) is 16.3. The van der Waals surface area contributed by atoms with Crippen molar-refractivity contribution >= 4 is 16.6 Å². The average molecular weight is 366 g/mol. The van der Waals surface area contributed by atoms with Gasteiger partial charge in [0, 0.05) is 11.9 Å². The SMILES string of the molecule is Cc1cccc2c1c(N=O)c(O)n2CCCOc1ccc(C(C)(C)C)cc1. The standard InChI is InChI=1S/C22H26N2O3/c1-15-7-5-8-18-19(15)20(23-26)21(25)24(18)13-6-14-27-17-11-9-16(10-12-17)22(2,3)4/h5,7-12,25H,6,13-14H2,1-4H3. The Morgan fingerprint density at radius 2 is 1.81 bits per heavy atom. The Bertz CT molecular complexity index is 950. The molecular formula is C22H26N2O3. The fourth-order valence-corrected chi connectivity index (χ4v) is 3.32. The van der Waals surface area contributed by atoms with Gasteiger partial charge in [0.2, 0.25) is 5.88 Å². The van der Waals surface area contributed by atoms with E-state index in [1.807, 2.05) is 37.3 Å². The molecule has 0 fully saturated rings. The number of fused-ring (bicyclic) bond motifs is 1. The van der Waals surface area contributed by atoms with E-state index in [0.717, 1.165) is 16.8 Å². The summed E-state index contributed by atoms with van der Waals surface area (Å²) >= 11 is 0. The number of hydrogen-bond acceptors (Lipinski definition) is 4. The zero-order valence-electron chi connectivity index (χ0n) is 16.3. The van der Waals surface area contributed by atoms with Crippen LogP contribution in [0.1, 0.15) is 38.3 Å². The van der Waals surface area contributed by atoms with E-state index in [4.69, 9.17) is 4.74 Å². The lowest BCUT2D eigenvalue weighted by Crippen LogP contribution is -2.10. The van der Waals surface area contributed by atoms with Crippen LogP contribution in [-0.4, -0.2) is 16.3 Å². The van der Waals surface area contributed by atoms with Crippen molar-refractivity contribution in [3.8, 4) is 11.6 Å². The van der Waals surface area contributed by atoms with Crippen molar-refractivity contribution < 1.29 is 9.84 Å². The predicted molar refractivity (Wildman–Crippen MR) is 109 cm³/mol. The third-order valence-electron chi connectivity index (χ3n) is 4.85. The van der Waals surface area contributed by atoms with Crippen molar-refractivity contribution in [2.45, 2.75) is 46.1 Å². The first-order valence-electron chi connectivity index (χ1n) is 9.20. The maximum absolute atomic E-state index is 11.2. The van der Waals surface area contributed by atoms with Crippen LogP contribution in [0.25, 0.3) is 10.9 Å². The van der Waals surface area contributed by atoms with Crippen LogP contribution in [0.5, 0.6) is 11.6 Å². The number of benzene rings is 2. The number of rotatable bonds is 6. The maximum Gasteiger partial charge on any atom is 0.222 e. The molecule has 5 nitrogen and oxygen atoms in total. The molecule has 0 radical (unpaired) electrons. The minimum Gasteiger partial charge on any atom is -0.494 e. The van der Waals surface area contributed by atoms with Crippen molar-refractivity contribution in [3.63, 3.8) is 0 Å². The second-order valence-corrected chi connectivity index (χ2v) is 7.86. The predicted octanol–water partition coefficient (Wildman–Crippen LogP) is 5.82. The van der Waals surface area contributed by atoms with Crippen molar-refractivity contribution in [1.29, 1.82) is 0 Å². The lowest BCUT2D eigenvalue weighted by atomic mass is 9.87. The summed E-state index contributed by atoms with van der Waals surface area (Å²) in [6, 6.07) is 13.9. The lowest BCUT2D eigenvalue weighted by Gasteiger charge is -2.19. The Morgan fingerprint density at radius 3 is 2.44 bits per heavy atom. The van der Waals surface area contributed by atoms with Gasteiger partial charge in [-0.05, 0) is 53.3 Å². The molecule has 0 amide bonds. The summed E-state index contributed by atoms with van der Waals surface area (Å²) in [7, 11) is 0. The molecule has 0 aliphatic rings. The molecule has 1 N–H and O–H groups in total. The van der Waals surface area contributed by atoms with E-state index in [1.54, 1.807) is 4.57 Å². The molecule has 0 saturated carbocycles. The minimum absolute atomic E-state index is 0.0798. The average Bonchev–Trinajstić information content (AvgIpc) is 2.91. The highest BCUT2D eigenvalue weighted by molar-refractivity contribution is 5.97. The number of hydrogen-bond donors (Lipinski definition) is 1. The van der Waals surface area contributed by atoms with E-state index in [-0.39, 0.29) is 17.0 Å². The minimum atomic E-state index is -0.0798. The Morgan fingerprint density at radius 1 is 1.11 bits per heavy atom. The molecule has 0 unspecified atom stereocenters. The molecule has 1 heterocycles. The second kappa shape index (κ2) is 7.43. The van der Waals surface area contributed by atoms with E-state index >= 15 is 0 Å². The van der Waals surface area contributed by atoms with Gasteiger partial charge in [0.25, 0.3) is 0 Å². The zero-order chi connectivity index (χ0) is 19.6. The fraction of sp³-hybridized carbons (Fsp3) is 0.364. The number of aromatic hydroxyl groups is 1. The van der Waals surface area contributed by atoms with E-state index in [0.29, 0.717) is 25.0 Å².